The third kappa shape index (κ3) is 3.18. The maximum absolute atomic E-state index is 11.3. The predicted molar refractivity (Wildman–Crippen MR) is 62.5 cm³/mol. The smallest absolute Gasteiger partial charge is 0.246 e. The van der Waals surface area contributed by atoms with E-state index in [0.717, 1.165) is 12.8 Å². The van der Waals surface area contributed by atoms with Crippen molar-refractivity contribution in [1.29, 1.82) is 0 Å². The number of quaternary nitrogens is 1. The number of carbonyl (C=O) groups is 1. The van der Waals surface area contributed by atoms with E-state index in [1.165, 1.54) is 14.1 Å². The number of unbranched alkanes of at least 4 members (excludes halogenated alkanes) is 1. The Balaban J connectivity index is 5.23. The largest absolute Gasteiger partial charge is 0.542 e. The maximum atomic E-state index is 11.3. The highest BCUT2D eigenvalue weighted by atomic mass is 16.4. The number of carboxylic acid groups (broad SMARTS) is 1. The van der Waals surface area contributed by atoms with Gasteiger partial charge in [-0.25, -0.2) is 0 Å². The quantitative estimate of drug-likeness (QED) is 0.454. The molecule has 0 aliphatic heterocycles. The fourth-order valence-corrected chi connectivity index (χ4v) is 2.16. The van der Waals surface area contributed by atoms with Crippen molar-refractivity contribution in [2.24, 2.45) is 5.92 Å². The number of nitrogens with zero attached hydrogens (tertiary/aromatic N) is 1. The second-order valence-corrected chi connectivity index (χ2v) is 5.09. The molecule has 2 unspecified atom stereocenters. The number of likely N-dealkylation sites (N-methyl/N-ethyl adjacent to an activating group) is 1. The molecule has 17 heavy (non-hydrogen) atoms. The van der Waals surface area contributed by atoms with Crippen molar-refractivity contribution in [1.82, 2.24) is 0 Å². The van der Waals surface area contributed by atoms with Gasteiger partial charge in [-0.3, -0.25) is 4.48 Å². The topological polar surface area (TPSA) is 80.6 Å². The van der Waals surface area contributed by atoms with Crippen molar-refractivity contribution in [3.05, 3.63) is 0 Å². The van der Waals surface area contributed by atoms with Crippen molar-refractivity contribution >= 4 is 5.97 Å². The van der Waals surface area contributed by atoms with Crippen molar-refractivity contribution in [3.63, 3.8) is 0 Å². The van der Waals surface area contributed by atoms with Gasteiger partial charge in [0.05, 0.1) is 14.1 Å². The maximum Gasteiger partial charge on any atom is 0.246 e. The molecule has 5 heteroatoms. The number of hydrogen-bond acceptors (Lipinski definition) is 4. The van der Waals surface area contributed by atoms with Gasteiger partial charge in [-0.1, -0.05) is 26.7 Å². The zero-order valence-electron chi connectivity index (χ0n) is 11.3. The zero-order chi connectivity index (χ0) is 13.7. The molecular weight excluding hydrogens is 222 g/mol. The molecule has 2 atom stereocenters. The van der Waals surface area contributed by atoms with E-state index in [1.807, 2.05) is 13.8 Å². The van der Waals surface area contributed by atoms with Crippen molar-refractivity contribution in [2.45, 2.75) is 45.3 Å². The third-order valence-electron chi connectivity index (χ3n) is 3.55. The van der Waals surface area contributed by atoms with E-state index in [1.54, 1.807) is 0 Å². The van der Waals surface area contributed by atoms with E-state index in [-0.39, 0.29) is 0 Å². The summed E-state index contributed by atoms with van der Waals surface area (Å²) in [6, 6.07) is 0. The second kappa shape index (κ2) is 6.33. The van der Waals surface area contributed by atoms with Gasteiger partial charge in [0.2, 0.25) is 5.72 Å². The highest BCUT2D eigenvalue weighted by molar-refractivity contribution is 5.73. The number of carbonyl (C=O) groups excluding carboxylic acids is 1. The molecule has 0 amide bonds. The fourth-order valence-electron chi connectivity index (χ4n) is 2.16. The van der Waals surface area contributed by atoms with Crippen molar-refractivity contribution in [3.8, 4) is 0 Å². The summed E-state index contributed by atoms with van der Waals surface area (Å²) in [7, 11) is 2.98. The Labute approximate surface area is 103 Å². The standard InChI is InChI=1S/C12H25NO4/c1-5-7-8-10(6-2)12(17,11(15)16)13(3,4)9-14/h10,14,17H,5-9H2,1-4H3. The lowest BCUT2D eigenvalue weighted by Gasteiger charge is -2.47. The Morgan fingerprint density at radius 1 is 1.41 bits per heavy atom. The van der Waals surface area contributed by atoms with Crippen LogP contribution in [-0.2, 0) is 4.79 Å². The van der Waals surface area contributed by atoms with Crippen LogP contribution in [-0.4, -0.2) is 47.2 Å². The molecule has 0 aromatic rings. The summed E-state index contributed by atoms with van der Waals surface area (Å²) in [6.07, 6.45) is 2.93. The summed E-state index contributed by atoms with van der Waals surface area (Å²) in [5, 5.41) is 31.0. The number of aliphatic hydroxyl groups is 2. The van der Waals surface area contributed by atoms with Gasteiger partial charge in [0, 0.05) is 5.92 Å². The first-order valence-corrected chi connectivity index (χ1v) is 6.15. The number of aliphatic carboxylic acids is 1. The molecule has 102 valence electrons. The molecule has 0 rings (SSSR count). The van der Waals surface area contributed by atoms with Crippen LogP contribution in [0.3, 0.4) is 0 Å². The fraction of sp³-hybridized carbons (Fsp3) is 0.917. The minimum absolute atomic E-state index is 0.405. The van der Waals surface area contributed by atoms with E-state index < -0.39 is 28.8 Å². The van der Waals surface area contributed by atoms with Gasteiger partial charge in [-0.15, -0.1) is 0 Å². The molecule has 0 bridgehead atoms. The Morgan fingerprint density at radius 2 is 1.94 bits per heavy atom. The summed E-state index contributed by atoms with van der Waals surface area (Å²) in [6.45, 7) is 3.40. The normalized spacial score (nSPS) is 17.5. The van der Waals surface area contributed by atoms with Gasteiger partial charge in [-0.05, 0) is 12.8 Å². The lowest BCUT2D eigenvalue weighted by atomic mass is 9.86. The Kier molecular flexibility index (Phi) is 6.09. The van der Waals surface area contributed by atoms with Crippen LogP contribution in [0.2, 0.25) is 0 Å². The van der Waals surface area contributed by atoms with Crippen LogP contribution in [0.5, 0.6) is 0 Å². The molecule has 0 heterocycles. The van der Waals surface area contributed by atoms with Gasteiger partial charge in [0.1, 0.15) is 5.97 Å². The molecule has 0 aromatic carbocycles. The molecular formula is C12H25NO4. The van der Waals surface area contributed by atoms with E-state index >= 15 is 0 Å². The van der Waals surface area contributed by atoms with Crippen LogP contribution in [0.1, 0.15) is 39.5 Å². The Hall–Kier alpha value is -0.650. The van der Waals surface area contributed by atoms with Gasteiger partial charge in [-0.2, -0.15) is 0 Å². The highest BCUT2D eigenvalue weighted by Crippen LogP contribution is 2.32. The highest BCUT2D eigenvalue weighted by Gasteiger charge is 2.50. The second-order valence-electron chi connectivity index (χ2n) is 5.09. The molecule has 0 spiro atoms. The molecule has 0 aromatic heterocycles. The average molecular weight is 247 g/mol. The minimum atomic E-state index is -2.04. The minimum Gasteiger partial charge on any atom is -0.542 e. The summed E-state index contributed by atoms with van der Waals surface area (Å²) in [5.41, 5.74) is -2.04. The number of aliphatic hydroxyl groups excluding tert-OH is 1. The van der Waals surface area contributed by atoms with E-state index in [0.29, 0.717) is 12.8 Å². The summed E-state index contributed by atoms with van der Waals surface area (Å²) in [4.78, 5) is 11.3. The Morgan fingerprint density at radius 3 is 2.24 bits per heavy atom. The first-order chi connectivity index (χ1) is 7.77. The van der Waals surface area contributed by atoms with Crippen molar-refractivity contribution in [2.75, 3.05) is 20.8 Å². The van der Waals surface area contributed by atoms with Gasteiger partial charge in [0.25, 0.3) is 0 Å². The molecule has 0 saturated heterocycles. The van der Waals surface area contributed by atoms with Crippen LogP contribution in [0.25, 0.3) is 0 Å². The number of hydrogen-bond donors (Lipinski definition) is 2. The number of carboxylic acids is 1. The molecule has 5 nitrogen and oxygen atoms in total. The molecule has 0 fully saturated rings. The predicted octanol–water partition coefficient (Wildman–Crippen LogP) is -0.332. The van der Waals surface area contributed by atoms with Gasteiger partial charge >= 0.3 is 0 Å². The molecule has 0 saturated carbocycles. The third-order valence-corrected chi connectivity index (χ3v) is 3.55. The Bertz CT molecular complexity index is 255. The van der Waals surface area contributed by atoms with Crippen LogP contribution < -0.4 is 5.11 Å². The van der Waals surface area contributed by atoms with Crippen LogP contribution in [0, 0.1) is 5.92 Å². The van der Waals surface area contributed by atoms with Crippen LogP contribution in [0.15, 0.2) is 0 Å². The lowest BCUT2D eigenvalue weighted by molar-refractivity contribution is -0.978. The summed E-state index contributed by atoms with van der Waals surface area (Å²) < 4.78 is -0.405. The zero-order valence-corrected chi connectivity index (χ0v) is 11.3. The monoisotopic (exact) mass is 247 g/mol. The summed E-state index contributed by atoms with van der Waals surface area (Å²) in [5.74, 6) is -1.94. The van der Waals surface area contributed by atoms with Crippen LogP contribution in [0.4, 0.5) is 0 Å². The lowest BCUT2D eigenvalue weighted by Crippen LogP contribution is -2.71. The molecule has 2 N–H and O–H groups in total. The first-order valence-electron chi connectivity index (χ1n) is 6.15. The van der Waals surface area contributed by atoms with E-state index in [4.69, 9.17) is 0 Å². The van der Waals surface area contributed by atoms with E-state index in [2.05, 4.69) is 0 Å². The van der Waals surface area contributed by atoms with Gasteiger partial charge < -0.3 is 20.1 Å². The molecule has 0 aliphatic carbocycles. The van der Waals surface area contributed by atoms with E-state index in [9.17, 15) is 20.1 Å². The SMILES string of the molecule is CCCCC(CC)C(O)(C(=O)[O-])[N+](C)(C)CO. The molecule has 0 aliphatic rings. The summed E-state index contributed by atoms with van der Waals surface area (Å²) >= 11 is 0. The number of rotatable bonds is 8. The average Bonchev–Trinajstić information content (AvgIpc) is 2.28. The van der Waals surface area contributed by atoms with Crippen LogP contribution >= 0.6 is 0 Å². The van der Waals surface area contributed by atoms with Crippen molar-refractivity contribution < 1.29 is 24.6 Å². The first kappa shape index (κ1) is 16.4. The van der Waals surface area contributed by atoms with Gasteiger partial charge in [0.15, 0.2) is 6.73 Å². The molecule has 0 radical (unpaired) electrons.